The number of fused-ring (bicyclic) bond motifs is 1. The van der Waals surface area contributed by atoms with Crippen LogP contribution in [0.25, 0.3) is 26.5 Å². The van der Waals surface area contributed by atoms with E-state index in [1.807, 2.05) is 42.5 Å². The molecule has 0 saturated carbocycles. The summed E-state index contributed by atoms with van der Waals surface area (Å²) in [5.41, 5.74) is 23.8. The van der Waals surface area contributed by atoms with Crippen LogP contribution in [-0.4, -0.2) is 4.98 Å². The van der Waals surface area contributed by atoms with Gasteiger partial charge in [0.2, 0.25) is 0 Å². The third kappa shape index (κ3) is 3.30. The van der Waals surface area contributed by atoms with Gasteiger partial charge < -0.3 is 22.5 Å². The number of para-hydroxylation sites is 1. The number of aromatic nitrogens is 1. The zero-order chi connectivity index (χ0) is 19.0. The molecule has 0 aliphatic heterocycles. The molecule has 0 fully saturated rings. The van der Waals surface area contributed by atoms with Crippen molar-refractivity contribution >= 4 is 50.0 Å². The first-order valence-electron chi connectivity index (χ1n) is 8.38. The molecule has 7 N–H and O–H groups in total. The van der Waals surface area contributed by atoms with Gasteiger partial charge in [0.05, 0.1) is 33.0 Å². The Bertz CT molecular complexity index is 1130. The van der Waals surface area contributed by atoms with Crippen LogP contribution in [-0.2, 0) is 0 Å². The van der Waals surface area contributed by atoms with E-state index in [9.17, 15) is 0 Å². The predicted octanol–water partition coefficient (Wildman–Crippen LogP) is 4.79. The molecule has 134 valence electrons. The highest BCUT2D eigenvalue weighted by Gasteiger charge is 2.10. The molecule has 4 aromatic rings. The van der Waals surface area contributed by atoms with E-state index in [0.717, 1.165) is 32.0 Å². The summed E-state index contributed by atoms with van der Waals surface area (Å²) in [6.45, 7) is 4.09. The molecule has 5 nitrogen and oxygen atoms in total. The molecule has 0 aliphatic carbocycles. The molecule has 0 bridgehead atoms. The first kappa shape index (κ1) is 16.9. The van der Waals surface area contributed by atoms with Crippen molar-refractivity contribution in [3.8, 4) is 10.6 Å². The van der Waals surface area contributed by atoms with E-state index in [1.165, 1.54) is 0 Å². The van der Waals surface area contributed by atoms with Gasteiger partial charge in [-0.05, 0) is 48.0 Å². The Morgan fingerprint density at radius 2 is 1.67 bits per heavy atom. The fraction of sp³-hybridized carbons (Fsp3) is 0. The molecule has 1 heterocycles. The molecule has 0 saturated heterocycles. The third-order valence-corrected chi connectivity index (χ3v) is 5.40. The van der Waals surface area contributed by atoms with Gasteiger partial charge in [0, 0.05) is 11.3 Å². The number of nitrogen functional groups attached to an aromatic ring is 3. The van der Waals surface area contributed by atoms with Crippen molar-refractivity contribution in [1.82, 2.24) is 4.98 Å². The van der Waals surface area contributed by atoms with Crippen LogP contribution >= 0.6 is 11.3 Å². The summed E-state index contributed by atoms with van der Waals surface area (Å²) in [4.78, 5) is 4.71. The van der Waals surface area contributed by atoms with Gasteiger partial charge in [-0.1, -0.05) is 24.8 Å². The average molecular weight is 373 g/mol. The van der Waals surface area contributed by atoms with Gasteiger partial charge in [0.1, 0.15) is 5.01 Å². The lowest BCUT2D eigenvalue weighted by Crippen LogP contribution is -2.02. The first-order chi connectivity index (χ1) is 13.0. The van der Waals surface area contributed by atoms with Crippen molar-refractivity contribution in [3.63, 3.8) is 0 Å². The van der Waals surface area contributed by atoms with E-state index < -0.39 is 0 Å². The minimum Gasteiger partial charge on any atom is -0.397 e. The Morgan fingerprint density at radius 1 is 0.889 bits per heavy atom. The summed E-state index contributed by atoms with van der Waals surface area (Å²) in [6.07, 6.45) is 0. The highest BCUT2D eigenvalue weighted by molar-refractivity contribution is 7.21. The second-order valence-electron chi connectivity index (χ2n) is 6.24. The van der Waals surface area contributed by atoms with Crippen LogP contribution in [0.5, 0.6) is 0 Å². The van der Waals surface area contributed by atoms with Crippen LogP contribution < -0.4 is 22.5 Å². The summed E-state index contributed by atoms with van der Waals surface area (Å²) in [5.74, 6) is 0. The molecule has 4 rings (SSSR count). The molecule has 0 amide bonds. The predicted molar refractivity (Wildman–Crippen MR) is 117 cm³/mol. The second kappa shape index (κ2) is 6.66. The van der Waals surface area contributed by atoms with Crippen LogP contribution in [0.15, 0.2) is 67.2 Å². The minimum absolute atomic E-state index is 0.520. The number of thiazole rings is 1. The molecule has 3 aromatic carbocycles. The molecular weight excluding hydrogens is 354 g/mol. The number of hydrogen-bond donors (Lipinski definition) is 4. The van der Waals surface area contributed by atoms with E-state index in [1.54, 1.807) is 23.5 Å². The topological polar surface area (TPSA) is 103 Å². The van der Waals surface area contributed by atoms with Crippen molar-refractivity contribution in [2.45, 2.75) is 0 Å². The third-order valence-electron chi connectivity index (χ3n) is 4.31. The van der Waals surface area contributed by atoms with E-state index in [-0.39, 0.29) is 0 Å². The maximum absolute atomic E-state index is 6.16. The lowest BCUT2D eigenvalue weighted by atomic mass is 10.1. The summed E-state index contributed by atoms with van der Waals surface area (Å²) in [7, 11) is 0. The van der Waals surface area contributed by atoms with Crippen molar-refractivity contribution in [2.24, 2.45) is 0 Å². The molecule has 6 heteroatoms. The monoisotopic (exact) mass is 373 g/mol. The van der Waals surface area contributed by atoms with Crippen molar-refractivity contribution in [1.29, 1.82) is 0 Å². The molecule has 0 aliphatic rings. The Kier molecular flexibility index (Phi) is 4.18. The zero-order valence-corrected chi connectivity index (χ0v) is 15.4. The SMILES string of the molecule is C=C(Nc1cc(-c2nc3ccccc3s2)ccc1N)c1ccc(N)c(N)c1. The zero-order valence-electron chi connectivity index (χ0n) is 14.6. The van der Waals surface area contributed by atoms with E-state index in [2.05, 4.69) is 18.0 Å². The molecule has 0 radical (unpaired) electrons. The highest BCUT2D eigenvalue weighted by atomic mass is 32.1. The number of nitrogens with one attached hydrogen (secondary N) is 1. The summed E-state index contributed by atoms with van der Waals surface area (Å²) in [6, 6.07) is 19.3. The van der Waals surface area contributed by atoms with E-state index in [0.29, 0.717) is 22.8 Å². The van der Waals surface area contributed by atoms with Crippen molar-refractivity contribution in [3.05, 3.63) is 72.8 Å². The molecular formula is C21H19N5S. The van der Waals surface area contributed by atoms with Gasteiger partial charge in [-0.25, -0.2) is 4.98 Å². The fourth-order valence-electron chi connectivity index (χ4n) is 2.79. The molecule has 0 unspecified atom stereocenters. The van der Waals surface area contributed by atoms with Gasteiger partial charge in [-0.2, -0.15) is 0 Å². The van der Waals surface area contributed by atoms with E-state index >= 15 is 0 Å². The van der Waals surface area contributed by atoms with Crippen molar-refractivity contribution in [2.75, 3.05) is 22.5 Å². The molecule has 1 aromatic heterocycles. The first-order valence-corrected chi connectivity index (χ1v) is 9.19. The number of rotatable bonds is 4. The number of anilines is 4. The molecule has 0 atom stereocenters. The quantitative estimate of drug-likeness (QED) is 0.385. The average Bonchev–Trinajstić information content (AvgIpc) is 3.10. The van der Waals surface area contributed by atoms with Gasteiger partial charge in [-0.15, -0.1) is 11.3 Å². The number of nitrogens with zero attached hydrogens (tertiary/aromatic N) is 1. The normalized spacial score (nSPS) is 10.8. The van der Waals surface area contributed by atoms with Gasteiger partial charge >= 0.3 is 0 Å². The van der Waals surface area contributed by atoms with Crippen LogP contribution in [0.2, 0.25) is 0 Å². The van der Waals surface area contributed by atoms with Gasteiger partial charge in [-0.3, -0.25) is 0 Å². The van der Waals surface area contributed by atoms with Crippen LogP contribution in [0, 0.1) is 0 Å². The van der Waals surface area contributed by atoms with Crippen LogP contribution in [0.3, 0.4) is 0 Å². The highest BCUT2D eigenvalue weighted by Crippen LogP contribution is 2.34. The smallest absolute Gasteiger partial charge is 0.124 e. The molecule has 27 heavy (non-hydrogen) atoms. The second-order valence-corrected chi connectivity index (χ2v) is 7.27. The Morgan fingerprint density at radius 3 is 2.44 bits per heavy atom. The summed E-state index contributed by atoms with van der Waals surface area (Å²) >= 11 is 1.65. The minimum atomic E-state index is 0.520. The van der Waals surface area contributed by atoms with Gasteiger partial charge in [0.15, 0.2) is 0 Å². The lowest BCUT2D eigenvalue weighted by Gasteiger charge is -2.14. The van der Waals surface area contributed by atoms with Crippen molar-refractivity contribution < 1.29 is 0 Å². The van der Waals surface area contributed by atoms with Crippen LogP contribution in [0.1, 0.15) is 5.56 Å². The number of benzene rings is 3. The fourth-order valence-corrected chi connectivity index (χ4v) is 3.75. The Labute approximate surface area is 161 Å². The Hall–Kier alpha value is -3.51. The maximum atomic E-state index is 6.16. The van der Waals surface area contributed by atoms with E-state index in [4.69, 9.17) is 22.2 Å². The summed E-state index contributed by atoms with van der Waals surface area (Å²) in [5, 5.41) is 4.22. The standard InChI is InChI=1S/C21H19N5S/c1-12(13-6-8-15(22)17(24)10-13)25-19-11-14(7-9-16(19)23)21-26-18-4-2-3-5-20(18)27-21/h2-11,25H,1,22-24H2. The largest absolute Gasteiger partial charge is 0.397 e. The number of hydrogen-bond acceptors (Lipinski definition) is 6. The van der Waals surface area contributed by atoms with Crippen LogP contribution in [0.4, 0.5) is 22.7 Å². The van der Waals surface area contributed by atoms with Gasteiger partial charge in [0.25, 0.3) is 0 Å². The maximum Gasteiger partial charge on any atom is 0.124 e. The molecule has 0 spiro atoms. The summed E-state index contributed by atoms with van der Waals surface area (Å²) < 4.78 is 1.15. The number of nitrogens with two attached hydrogens (primary N) is 3. The Balaban J connectivity index is 1.66. The lowest BCUT2D eigenvalue weighted by molar-refractivity contribution is 1.47.